The summed E-state index contributed by atoms with van der Waals surface area (Å²) >= 11 is 0. The SMILES string of the molecule is CCCCCCCCCCCCCCCCCCC(=O)O[C@@H](COC(=O)CCCCCCCCCCC)COC(=O)CCCCCCCCCCCCC(C)C. The molecule has 0 rings (SSSR count). The van der Waals surface area contributed by atoms with Crippen molar-refractivity contribution in [2.45, 2.75) is 284 Å². The Morgan fingerprint density at radius 1 is 0.339 bits per heavy atom. The van der Waals surface area contributed by atoms with Gasteiger partial charge >= 0.3 is 17.9 Å². The predicted octanol–water partition coefficient (Wildman–Crippen LogP) is 15.9. The van der Waals surface area contributed by atoms with Crippen LogP contribution in [0, 0.1) is 5.92 Å². The molecule has 0 aliphatic heterocycles. The molecule has 0 aromatic rings. The highest BCUT2D eigenvalue weighted by Crippen LogP contribution is 2.17. The van der Waals surface area contributed by atoms with Crippen molar-refractivity contribution in [3.8, 4) is 0 Å². The van der Waals surface area contributed by atoms with Crippen LogP contribution in [0.2, 0.25) is 0 Å². The van der Waals surface area contributed by atoms with Gasteiger partial charge in [-0.1, -0.05) is 240 Å². The van der Waals surface area contributed by atoms with Crippen molar-refractivity contribution in [1.29, 1.82) is 0 Å². The summed E-state index contributed by atoms with van der Waals surface area (Å²) in [5.41, 5.74) is 0. The zero-order valence-corrected chi connectivity index (χ0v) is 38.1. The largest absolute Gasteiger partial charge is 0.462 e. The van der Waals surface area contributed by atoms with E-state index in [1.165, 1.54) is 173 Å². The quantitative estimate of drug-likeness (QED) is 0.0347. The van der Waals surface area contributed by atoms with Crippen LogP contribution in [-0.4, -0.2) is 37.2 Å². The monoisotopic (exact) mass is 793 g/mol. The Balaban J connectivity index is 4.28. The summed E-state index contributed by atoms with van der Waals surface area (Å²) in [6.45, 7) is 8.99. The van der Waals surface area contributed by atoms with Gasteiger partial charge in [-0.25, -0.2) is 0 Å². The molecule has 0 aromatic heterocycles. The second kappa shape index (κ2) is 44.5. The van der Waals surface area contributed by atoms with Gasteiger partial charge < -0.3 is 14.2 Å². The Hall–Kier alpha value is -1.59. The maximum absolute atomic E-state index is 12.8. The minimum absolute atomic E-state index is 0.0635. The van der Waals surface area contributed by atoms with E-state index in [0.717, 1.165) is 63.7 Å². The number of carbonyl (C=O) groups is 3. The van der Waals surface area contributed by atoms with Crippen LogP contribution in [0.1, 0.15) is 278 Å². The molecule has 1 atom stereocenters. The smallest absolute Gasteiger partial charge is 0.306 e. The topological polar surface area (TPSA) is 78.9 Å². The van der Waals surface area contributed by atoms with Crippen molar-refractivity contribution in [2.75, 3.05) is 13.2 Å². The number of rotatable bonds is 45. The van der Waals surface area contributed by atoms with E-state index in [1.54, 1.807) is 0 Å². The predicted molar refractivity (Wildman–Crippen MR) is 238 cm³/mol. The summed E-state index contributed by atoms with van der Waals surface area (Å²) in [5, 5.41) is 0. The Labute approximate surface area is 348 Å². The summed E-state index contributed by atoms with van der Waals surface area (Å²) in [5.74, 6) is -0.0317. The molecule has 0 bridgehead atoms. The molecule has 0 aromatic carbocycles. The number of unbranched alkanes of at least 4 members (excludes halogenated alkanes) is 32. The molecule has 0 saturated heterocycles. The highest BCUT2D eigenvalue weighted by Gasteiger charge is 2.19. The molecule has 0 aliphatic rings. The molecule has 0 unspecified atom stereocenters. The van der Waals surface area contributed by atoms with Crippen LogP contribution in [-0.2, 0) is 28.6 Å². The number of hydrogen-bond donors (Lipinski definition) is 0. The molecule has 0 heterocycles. The normalized spacial score (nSPS) is 11.9. The van der Waals surface area contributed by atoms with Crippen molar-refractivity contribution in [2.24, 2.45) is 5.92 Å². The summed E-state index contributed by atoms with van der Waals surface area (Å²) in [7, 11) is 0. The van der Waals surface area contributed by atoms with Crippen LogP contribution >= 0.6 is 0 Å². The van der Waals surface area contributed by atoms with Crippen LogP contribution in [0.25, 0.3) is 0 Å². The van der Waals surface area contributed by atoms with Crippen molar-refractivity contribution >= 4 is 17.9 Å². The highest BCUT2D eigenvalue weighted by molar-refractivity contribution is 5.71. The Kier molecular flexibility index (Phi) is 43.2. The van der Waals surface area contributed by atoms with Crippen molar-refractivity contribution in [3.63, 3.8) is 0 Å². The molecule has 332 valence electrons. The average Bonchev–Trinajstić information content (AvgIpc) is 3.18. The fourth-order valence-corrected chi connectivity index (χ4v) is 7.51. The van der Waals surface area contributed by atoms with Gasteiger partial charge in [0.1, 0.15) is 13.2 Å². The molecule has 56 heavy (non-hydrogen) atoms. The molecule has 6 nitrogen and oxygen atoms in total. The van der Waals surface area contributed by atoms with E-state index in [-0.39, 0.29) is 31.1 Å². The molecular weight excluding hydrogens is 697 g/mol. The second-order valence-corrected chi connectivity index (χ2v) is 17.6. The average molecular weight is 793 g/mol. The third-order valence-corrected chi connectivity index (χ3v) is 11.3. The van der Waals surface area contributed by atoms with Gasteiger partial charge in [-0.15, -0.1) is 0 Å². The molecule has 0 saturated carbocycles. The molecule has 0 amide bonds. The van der Waals surface area contributed by atoms with E-state index in [2.05, 4.69) is 27.7 Å². The Bertz CT molecular complexity index is 841. The van der Waals surface area contributed by atoms with E-state index in [0.29, 0.717) is 19.3 Å². The first-order chi connectivity index (χ1) is 27.4. The summed E-state index contributed by atoms with van der Waals surface area (Å²) < 4.78 is 16.8. The number of ether oxygens (including phenoxy) is 3. The second-order valence-electron chi connectivity index (χ2n) is 17.6. The number of carbonyl (C=O) groups excluding carboxylic acids is 3. The van der Waals surface area contributed by atoms with Crippen LogP contribution < -0.4 is 0 Å². The maximum atomic E-state index is 12.8. The fourth-order valence-electron chi connectivity index (χ4n) is 7.51. The van der Waals surface area contributed by atoms with Gasteiger partial charge in [0.25, 0.3) is 0 Å². The molecule has 0 aliphatic carbocycles. The summed E-state index contributed by atoms with van der Waals surface area (Å²) in [6.07, 6.45) is 45.2. The van der Waals surface area contributed by atoms with Gasteiger partial charge in [-0.3, -0.25) is 14.4 Å². The van der Waals surface area contributed by atoms with Crippen molar-refractivity contribution < 1.29 is 28.6 Å². The van der Waals surface area contributed by atoms with E-state index < -0.39 is 6.10 Å². The lowest BCUT2D eigenvalue weighted by Crippen LogP contribution is -2.30. The molecule has 6 heteroatoms. The zero-order chi connectivity index (χ0) is 41.0. The number of hydrogen-bond acceptors (Lipinski definition) is 6. The van der Waals surface area contributed by atoms with Gasteiger partial charge in [0.05, 0.1) is 0 Å². The Morgan fingerprint density at radius 3 is 0.875 bits per heavy atom. The zero-order valence-electron chi connectivity index (χ0n) is 38.1. The highest BCUT2D eigenvalue weighted by atomic mass is 16.6. The van der Waals surface area contributed by atoms with E-state index in [9.17, 15) is 14.4 Å². The summed E-state index contributed by atoms with van der Waals surface area (Å²) in [4.78, 5) is 37.8. The van der Waals surface area contributed by atoms with Crippen LogP contribution in [0.4, 0.5) is 0 Å². The molecular formula is C50H96O6. The first-order valence-electron chi connectivity index (χ1n) is 24.9. The van der Waals surface area contributed by atoms with Crippen molar-refractivity contribution in [1.82, 2.24) is 0 Å². The minimum Gasteiger partial charge on any atom is -0.462 e. The van der Waals surface area contributed by atoms with Gasteiger partial charge in [-0.2, -0.15) is 0 Å². The molecule has 0 radical (unpaired) electrons. The molecule has 0 N–H and O–H groups in total. The minimum atomic E-state index is -0.759. The first-order valence-corrected chi connectivity index (χ1v) is 24.9. The van der Waals surface area contributed by atoms with E-state index in [1.807, 2.05) is 0 Å². The first kappa shape index (κ1) is 54.4. The third-order valence-electron chi connectivity index (χ3n) is 11.3. The van der Waals surface area contributed by atoms with Gasteiger partial charge in [0.2, 0.25) is 0 Å². The van der Waals surface area contributed by atoms with Gasteiger partial charge in [0.15, 0.2) is 6.10 Å². The Morgan fingerprint density at radius 2 is 0.589 bits per heavy atom. The van der Waals surface area contributed by atoms with E-state index >= 15 is 0 Å². The summed E-state index contributed by atoms with van der Waals surface area (Å²) in [6, 6.07) is 0. The number of esters is 3. The third kappa shape index (κ3) is 43.5. The standard InChI is InChI=1S/C50H96O6/c1-5-7-9-11-13-15-16-17-18-19-20-21-27-31-35-39-43-50(53)56-47(44-54-48(51)41-37-33-29-24-14-12-10-8-6-2)45-55-49(52)42-38-34-30-26-23-22-25-28-32-36-40-46(3)4/h46-47H,5-45H2,1-4H3/t47-/m0/s1. The lowest BCUT2D eigenvalue weighted by molar-refractivity contribution is -0.167. The lowest BCUT2D eigenvalue weighted by Gasteiger charge is -2.18. The van der Waals surface area contributed by atoms with Gasteiger partial charge in [-0.05, 0) is 25.2 Å². The van der Waals surface area contributed by atoms with Crippen LogP contribution in [0.5, 0.6) is 0 Å². The molecule has 0 fully saturated rings. The van der Waals surface area contributed by atoms with Crippen LogP contribution in [0.3, 0.4) is 0 Å². The fraction of sp³-hybridized carbons (Fsp3) is 0.940. The van der Waals surface area contributed by atoms with Crippen LogP contribution in [0.15, 0.2) is 0 Å². The lowest BCUT2D eigenvalue weighted by atomic mass is 10.0. The van der Waals surface area contributed by atoms with Crippen molar-refractivity contribution in [3.05, 3.63) is 0 Å². The van der Waals surface area contributed by atoms with Gasteiger partial charge in [0, 0.05) is 19.3 Å². The molecule has 0 spiro atoms. The van der Waals surface area contributed by atoms with E-state index in [4.69, 9.17) is 14.2 Å². The maximum Gasteiger partial charge on any atom is 0.306 e.